The molecule has 0 saturated heterocycles. The molecule has 0 amide bonds. The highest BCUT2D eigenvalue weighted by Crippen LogP contribution is 2.49. The molecule has 0 aliphatic carbocycles. The van der Waals surface area contributed by atoms with E-state index in [1.807, 2.05) is 0 Å². The van der Waals surface area contributed by atoms with Gasteiger partial charge in [-0.1, -0.05) is 146 Å². The number of hydrogen-bond donors (Lipinski definition) is 0. The first-order valence-corrected chi connectivity index (χ1v) is 24.8. The Kier molecular flexibility index (Phi) is 8.99. The summed E-state index contributed by atoms with van der Waals surface area (Å²) in [6.07, 6.45) is 0. The lowest BCUT2D eigenvalue weighted by molar-refractivity contribution is 1.17. The van der Waals surface area contributed by atoms with Gasteiger partial charge in [-0.05, 0) is 138 Å². The Morgan fingerprint density at radius 1 is 0.264 bits per heavy atom. The number of anilines is 9. The van der Waals surface area contributed by atoms with Gasteiger partial charge in [-0.2, -0.15) is 0 Å². The summed E-state index contributed by atoms with van der Waals surface area (Å²) in [5.74, 6) is 0. The number of rotatable bonds is 7. The van der Waals surface area contributed by atoms with E-state index in [1.165, 1.54) is 60.0 Å². The summed E-state index contributed by atoms with van der Waals surface area (Å²) in [6.45, 7) is -0.156. The van der Waals surface area contributed by atoms with Crippen molar-refractivity contribution < 1.29 is 0 Å². The smallest absolute Gasteiger partial charge is 0.252 e. The third kappa shape index (κ3) is 6.02. The van der Waals surface area contributed by atoms with Crippen molar-refractivity contribution >= 4 is 118 Å². The Bertz CT molecular complexity index is 3870. The van der Waals surface area contributed by atoms with Gasteiger partial charge in [0.25, 0.3) is 6.71 Å². The molecular formula is C66H44BN5. The molecule has 336 valence electrons. The summed E-state index contributed by atoms with van der Waals surface area (Å²) in [5, 5.41) is 4.98. The molecule has 5 nitrogen and oxygen atoms in total. The summed E-state index contributed by atoms with van der Waals surface area (Å²) in [4.78, 5) is 7.44. The van der Waals surface area contributed by atoms with E-state index in [-0.39, 0.29) is 6.71 Å². The van der Waals surface area contributed by atoms with E-state index < -0.39 is 0 Å². The van der Waals surface area contributed by atoms with Crippen molar-refractivity contribution in [2.45, 2.75) is 0 Å². The lowest BCUT2D eigenvalue weighted by Crippen LogP contribution is -2.61. The average molecular weight is 918 g/mol. The molecule has 0 unspecified atom stereocenters. The van der Waals surface area contributed by atoms with Crippen molar-refractivity contribution in [3.8, 4) is 11.4 Å². The minimum Gasteiger partial charge on any atom is -0.311 e. The SMILES string of the molecule is c1ccc(N(c2ccccc2)c2cc3c4c(c2)N(c2ccccc2)c2ccc(-n5c6ccccc6c6ccccc65)cc2B4c2cc(-n4c5ccccc5c5ccccc54)ccc2N3c2ccccc2)cc1. The van der Waals surface area contributed by atoms with Crippen molar-refractivity contribution in [1.29, 1.82) is 0 Å². The summed E-state index contributed by atoms with van der Waals surface area (Å²) in [7, 11) is 0. The second kappa shape index (κ2) is 16.0. The van der Waals surface area contributed by atoms with Crippen LogP contribution in [-0.4, -0.2) is 15.8 Å². The Morgan fingerprint density at radius 3 is 0.972 bits per heavy atom. The third-order valence-corrected chi connectivity index (χ3v) is 15.0. The van der Waals surface area contributed by atoms with Crippen LogP contribution in [0, 0.1) is 0 Å². The van der Waals surface area contributed by atoms with Crippen molar-refractivity contribution in [2.24, 2.45) is 0 Å². The van der Waals surface area contributed by atoms with Gasteiger partial charge in [0.05, 0.1) is 27.8 Å². The van der Waals surface area contributed by atoms with Crippen LogP contribution in [-0.2, 0) is 0 Å². The summed E-state index contributed by atoms with van der Waals surface area (Å²) in [5.41, 5.74) is 20.8. The molecule has 2 aliphatic rings. The highest BCUT2D eigenvalue weighted by atomic mass is 15.2. The summed E-state index contributed by atoms with van der Waals surface area (Å²) in [6, 6.07) is 98.0. The van der Waals surface area contributed by atoms with E-state index in [0.29, 0.717) is 0 Å². The zero-order chi connectivity index (χ0) is 47.3. The van der Waals surface area contributed by atoms with Gasteiger partial charge < -0.3 is 23.8 Å². The maximum Gasteiger partial charge on any atom is 0.252 e. The molecule has 2 aliphatic heterocycles. The van der Waals surface area contributed by atoms with Crippen molar-refractivity contribution in [3.05, 3.63) is 267 Å². The molecule has 0 radical (unpaired) electrons. The van der Waals surface area contributed by atoms with E-state index in [9.17, 15) is 0 Å². The second-order valence-electron chi connectivity index (χ2n) is 18.9. The van der Waals surface area contributed by atoms with Crippen molar-refractivity contribution in [2.75, 3.05) is 14.7 Å². The number of fused-ring (bicyclic) bond motifs is 10. The van der Waals surface area contributed by atoms with E-state index in [1.54, 1.807) is 0 Å². The molecule has 13 aromatic rings. The number of para-hydroxylation sites is 8. The van der Waals surface area contributed by atoms with Gasteiger partial charge >= 0.3 is 0 Å². The quantitative estimate of drug-likeness (QED) is 0.149. The van der Waals surface area contributed by atoms with Crippen LogP contribution in [0.2, 0.25) is 0 Å². The van der Waals surface area contributed by atoms with E-state index in [0.717, 1.165) is 62.6 Å². The molecular weight excluding hydrogens is 874 g/mol. The highest BCUT2D eigenvalue weighted by molar-refractivity contribution is 7.00. The highest BCUT2D eigenvalue weighted by Gasteiger charge is 2.44. The first-order valence-electron chi connectivity index (χ1n) is 24.8. The average Bonchev–Trinajstić information content (AvgIpc) is 3.97. The minimum absolute atomic E-state index is 0.156. The van der Waals surface area contributed by atoms with Crippen LogP contribution in [0.1, 0.15) is 0 Å². The van der Waals surface area contributed by atoms with Gasteiger partial charge in [-0.25, -0.2) is 0 Å². The summed E-state index contributed by atoms with van der Waals surface area (Å²) < 4.78 is 4.92. The first kappa shape index (κ1) is 40.4. The van der Waals surface area contributed by atoms with E-state index in [2.05, 4.69) is 291 Å². The molecule has 11 aromatic carbocycles. The third-order valence-electron chi connectivity index (χ3n) is 15.0. The lowest BCUT2D eigenvalue weighted by Gasteiger charge is -2.45. The molecule has 0 spiro atoms. The normalized spacial score (nSPS) is 12.6. The van der Waals surface area contributed by atoms with Gasteiger partial charge in [0.15, 0.2) is 0 Å². The van der Waals surface area contributed by atoms with E-state index in [4.69, 9.17) is 0 Å². The minimum atomic E-state index is -0.156. The zero-order valence-corrected chi connectivity index (χ0v) is 39.2. The fourth-order valence-corrected chi connectivity index (χ4v) is 12.1. The Balaban J connectivity index is 1.07. The van der Waals surface area contributed by atoms with Crippen LogP contribution in [0.3, 0.4) is 0 Å². The molecule has 0 saturated carbocycles. The maximum absolute atomic E-state index is 2.52. The van der Waals surface area contributed by atoms with Crippen LogP contribution in [0.25, 0.3) is 55.0 Å². The van der Waals surface area contributed by atoms with Crippen LogP contribution in [0.4, 0.5) is 51.2 Å². The first-order chi connectivity index (χ1) is 35.8. The molecule has 0 atom stereocenters. The van der Waals surface area contributed by atoms with Crippen LogP contribution in [0.15, 0.2) is 267 Å². The number of benzene rings is 11. The predicted octanol–water partition coefficient (Wildman–Crippen LogP) is 15.4. The van der Waals surface area contributed by atoms with Gasteiger partial charge in [0.2, 0.25) is 0 Å². The van der Waals surface area contributed by atoms with Gasteiger partial charge in [0.1, 0.15) is 0 Å². The van der Waals surface area contributed by atoms with Gasteiger partial charge in [-0.15, -0.1) is 0 Å². The maximum atomic E-state index is 2.52. The molecule has 15 rings (SSSR count). The Morgan fingerprint density at radius 2 is 0.597 bits per heavy atom. The molecule has 6 heteroatoms. The van der Waals surface area contributed by atoms with Gasteiger partial charge in [-0.3, -0.25) is 0 Å². The summed E-state index contributed by atoms with van der Waals surface area (Å²) >= 11 is 0. The van der Waals surface area contributed by atoms with Crippen molar-refractivity contribution in [3.63, 3.8) is 0 Å². The molecule has 72 heavy (non-hydrogen) atoms. The van der Waals surface area contributed by atoms with Crippen molar-refractivity contribution in [1.82, 2.24) is 9.13 Å². The zero-order valence-electron chi connectivity index (χ0n) is 39.2. The number of nitrogens with zero attached hydrogens (tertiary/aromatic N) is 5. The lowest BCUT2D eigenvalue weighted by atomic mass is 9.33. The fraction of sp³-hybridized carbons (Fsp3) is 0. The molecule has 0 bridgehead atoms. The standard InChI is InChI=1S/C66H44BN5/c1-5-21-45(22-6-1)68(46-23-7-2-8-24-46)51-43-64-66-65(44-51)70(48-27-11-4-12-28-48)63-40-38-50(72-60-35-19-15-31-54(60)55-32-16-20-36-61(55)72)42-57(63)67(66)56-41-49(37-39-62(56)69(64)47-25-9-3-10-26-47)71-58-33-17-13-29-52(58)53-30-14-18-34-59(53)71/h1-44H. The van der Waals surface area contributed by atoms with Crippen LogP contribution in [0.5, 0.6) is 0 Å². The Labute approximate surface area is 418 Å². The van der Waals surface area contributed by atoms with E-state index >= 15 is 0 Å². The van der Waals surface area contributed by atoms with Crippen LogP contribution >= 0.6 is 0 Å². The Hall–Kier alpha value is -9.52. The largest absolute Gasteiger partial charge is 0.311 e. The topological polar surface area (TPSA) is 19.6 Å². The number of hydrogen-bond acceptors (Lipinski definition) is 3. The second-order valence-corrected chi connectivity index (χ2v) is 18.9. The number of aromatic nitrogens is 2. The fourth-order valence-electron chi connectivity index (χ4n) is 12.1. The molecule has 0 fully saturated rings. The molecule has 0 N–H and O–H groups in total. The molecule has 4 heterocycles. The molecule has 2 aromatic heterocycles. The van der Waals surface area contributed by atoms with Gasteiger partial charge in [0, 0.05) is 78.4 Å². The predicted molar refractivity (Wildman–Crippen MR) is 304 cm³/mol. The van der Waals surface area contributed by atoms with Crippen LogP contribution < -0.4 is 31.1 Å². The monoisotopic (exact) mass is 917 g/mol.